The highest BCUT2D eigenvalue weighted by atomic mass is 16.3. The lowest BCUT2D eigenvalue weighted by Gasteiger charge is -2.20. The van der Waals surface area contributed by atoms with E-state index >= 15 is 0 Å². The Morgan fingerprint density at radius 1 is 0.737 bits per heavy atom. The van der Waals surface area contributed by atoms with Crippen LogP contribution in [0, 0.1) is 0 Å². The van der Waals surface area contributed by atoms with Gasteiger partial charge in [-0.05, 0) is 52.1 Å². The zero-order chi connectivity index (χ0) is 13.0. The molecule has 1 aliphatic rings. The summed E-state index contributed by atoms with van der Waals surface area (Å²) in [5.41, 5.74) is 3.41. The van der Waals surface area contributed by atoms with Crippen molar-refractivity contribution in [2.45, 2.75) is 12.5 Å². The van der Waals surface area contributed by atoms with E-state index in [9.17, 15) is 5.11 Å². The second kappa shape index (κ2) is 3.46. The summed E-state index contributed by atoms with van der Waals surface area (Å²) in [6.45, 7) is 1.88. The van der Waals surface area contributed by atoms with Crippen LogP contribution in [0.3, 0.4) is 0 Å². The third kappa shape index (κ3) is 1.33. The van der Waals surface area contributed by atoms with Crippen molar-refractivity contribution in [1.82, 2.24) is 0 Å². The first-order valence-corrected chi connectivity index (χ1v) is 6.53. The number of hydrogen-bond acceptors (Lipinski definition) is 1. The van der Waals surface area contributed by atoms with Crippen LogP contribution in [0.1, 0.15) is 18.1 Å². The fourth-order valence-corrected chi connectivity index (χ4v) is 3.15. The van der Waals surface area contributed by atoms with E-state index in [4.69, 9.17) is 0 Å². The molecule has 0 saturated carbocycles. The molecule has 0 heterocycles. The van der Waals surface area contributed by atoms with E-state index in [0.29, 0.717) is 0 Å². The largest absolute Gasteiger partial charge is 0.381 e. The first-order chi connectivity index (χ1) is 9.18. The fourth-order valence-electron chi connectivity index (χ4n) is 3.15. The molecule has 19 heavy (non-hydrogen) atoms. The van der Waals surface area contributed by atoms with Gasteiger partial charge < -0.3 is 5.11 Å². The normalized spacial score (nSPS) is 20.3. The molecule has 1 nitrogen and oxygen atoms in total. The van der Waals surface area contributed by atoms with E-state index in [1.165, 1.54) is 10.8 Å². The Morgan fingerprint density at radius 3 is 2.16 bits per heavy atom. The van der Waals surface area contributed by atoms with E-state index < -0.39 is 5.60 Å². The van der Waals surface area contributed by atoms with Gasteiger partial charge in [0.05, 0.1) is 0 Å². The highest BCUT2D eigenvalue weighted by Gasteiger charge is 2.37. The summed E-state index contributed by atoms with van der Waals surface area (Å²) in [5, 5.41) is 13.3. The molecule has 1 aliphatic carbocycles. The van der Waals surface area contributed by atoms with Crippen LogP contribution in [0.2, 0.25) is 0 Å². The Balaban J connectivity index is 2.15. The lowest BCUT2D eigenvalue weighted by atomic mass is 9.92. The molecule has 0 amide bonds. The maximum absolute atomic E-state index is 10.9. The van der Waals surface area contributed by atoms with Crippen LogP contribution in [0.4, 0.5) is 0 Å². The third-order valence-corrected chi connectivity index (χ3v) is 4.15. The average Bonchev–Trinajstić information content (AvgIpc) is 2.66. The summed E-state index contributed by atoms with van der Waals surface area (Å²) >= 11 is 0. The van der Waals surface area contributed by atoms with Crippen molar-refractivity contribution in [3.63, 3.8) is 0 Å². The van der Waals surface area contributed by atoms with E-state index in [1.54, 1.807) is 0 Å². The maximum Gasteiger partial charge on any atom is 0.113 e. The Morgan fingerprint density at radius 2 is 1.37 bits per heavy atom. The van der Waals surface area contributed by atoms with E-state index in [1.807, 2.05) is 37.3 Å². The van der Waals surface area contributed by atoms with Gasteiger partial charge in [-0.1, -0.05) is 48.5 Å². The summed E-state index contributed by atoms with van der Waals surface area (Å²) in [5.74, 6) is 0. The number of hydrogen-bond donors (Lipinski definition) is 1. The average molecular weight is 246 g/mol. The van der Waals surface area contributed by atoms with Crippen molar-refractivity contribution in [3.8, 4) is 11.1 Å². The molecule has 92 valence electrons. The summed E-state index contributed by atoms with van der Waals surface area (Å²) in [7, 11) is 0. The third-order valence-electron chi connectivity index (χ3n) is 4.15. The molecule has 0 aromatic heterocycles. The van der Waals surface area contributed by atoms with Gasteiger partial charge in [0.2, 0.25) is 0 Å². The molecule has 0 saturated heterocycles. The molecule has 0 aliphatic heterocycles. The monoisotopic (exact) mass is 246 g/mol. The number of benzene rings is 3. The Labute approximate surface area is 112 Å². The summed E-state index contributed by atoms with van der Waals surface area (Å²) < 4.78 is 0. The molecule has 0 fully saturated rings. The summed E-state index contributed by atoms with van der Waals surface area (Å²) in [4.78, 5) is 0. The van der Waals surface area contributed by atoms with Crippen LogP contribution in [0.25, 0.3) is 21.9 Å². The van der Waals surface area contributed by atoms with Crippen molar-refractivity contribution in [2.75, 3.05) is 0 Å². The van der Waals surface area contributed by atoms with Gasteiger partial charge in [-0.25, -0.2) is 0 Å². The van der Waals surface area contributed by atoms with E-state index in [0.717, 1.165) is 22.3 Å². The molecular formula is C18H14O. The zero-order valence-corrected chi connectivity index (χ0v) is 10.7. The van der Waals surface area contributed by atoms with Gasteiger partial charge in [0.25, 0.3) is 0 Å². The van der Waals surface area contributed by atoms with Gasteiger partial charge >= 0.3 is 0 Å². The molecule has 0 spiro atoms. The second-order valence-corrected chi connectivity index (χ2v) is 5.36. The van der Waals surface area contributed by atoms with Gasteiger partial charge in [-0.2, -0.15) is 0 Å². The molecule has 1 unspecified atom stereocenters. The minimum Gasteiger partial charge on any atom is -0.381 e. The molecule has 1 heteroatoms. The Kier molecular flexibility index (Phi) is 1.96. The van der Waals surface area contributed by atoms with Crippen LogP contribution < -0.4 is 0 Å². The standard InChI is InChI=1S/C18H14O/c1-18(19)16-9-5-4-8-14(16)15-10-12-6-2-3-7-13(12)11-17(15)18/h2-11,19H,1H3. The van der Waals surface area contributed by atoms with Crippen LogP contribution >= 0.6 is 0 Å². The van der Waals surface area contributed by atoms with Crippen molar-refractivity contribution in [1.29, 1.82) is 0 Å². The first kappa shape index (κ1) is 10.8. The fraction of sp³-hybridized carbons (Fsp3) is 0.111. The molecule has 3 aromatic carbocycles. The lowest BCUT2D eigenvalue weighted by molar-refractivity contribution is 0.107. The van der Waals surface area contributed by atoms with Gasteiger partial charge in [0, 0.05) is 0 Å². The second-order valence-electron chi connectivity index (χ2n) is 5.36. The number of fused-ring (bicyclic) bond motifs is 4. The molecule has 0 bridgehead atoms. The molecule has 4 rings (SSSR count). The zero-order valence-electron chi connectivity index (χ0n) is 10.7. The Hall–Kier alpha value is -2.12. The maximum atomic E-state index is 10.9. The molecule has 3 aromatic rings. The number of aliphatic hydroxyl groups is 1. The predicted molar refractivity (Wildman–Crippen MR) is 78.1 cm³/mol. The summed E-state index contributed by atoms with van der Waals surface area (Å²) in [6.07, 6.45) is 0. The predicted octanol–water partition coefficient (Wildman–Crippen LogP) is 4.08. The van der Waals surface area contributed by atoms with Gasteiger partial charge in [0.15, 0.2) is 0 Å². The highest BCUT2D eigenvalue weighted by molar-refractivity contribution is 5.93. The van der Waals surface area contributed by atoms with Crippen molar-refractivity contribution >= 4 is 10.8 Å². The topological polar surface area (TPSA) is 20.2 Å². The quantitative estimate of drug-likeness (QED) is 0.633. The first-order valence-electron chi connectivity index (χ1n) is 6.53. The van der Waals surface area contributed by atoms with Crippen LogP contribution in [0.15, 0.2) is 60.7 Å². The van der Waals surface area contributed by atoms with E-state index in [2.05, 4.69) is 30.3 Å². The minimum absolute atomic E-state index is 0.893. The van der Waals surface area contributed by atoms with Gasteiger partial charge in [-0.3, -0.25) is 0 Å². The van der Waals surface area contributed by atoms with Crippen LogP contribution in [-0.4, -0.2) is 5.11 Å². The molecule has 0 radical (unpaired) electrons. The smallest absolute Gasteiger partial charge is 0.113 e. The van der Waals surface area contributed by atoms with E-state index in [-0.39, 0.29) is 0 Å². The van der Waals surface area contributed by atoms with Crippen LogP contribution in [-0.2, 0) is 5.60 Å². The number of rotatable bonds is 0. The molecule has 1 N–H and O–H groups in total. The van der Waals surface area contributed by atoms with Crippen molar-refractivity contribution < 1.29 is 5.11 Å². The highest BCUT2D eigenvalue weighted by Crippen LogP contribution is 2.48. The van der Waals surface area contributed by atoms with Crippen LogP contribution in [0.5, 0.6) is 0 Å². The minimum atomic E-state index is -0.893. The summed E-state index contributed by atoms with van der Waals surface area (Å²) in [6, 6.07) is 20.7. The molecule has 1 atom stereocenters. The van der Waals surface area contributed by atoms with Crippen molar-refractivity contribution in [2.24, 2.45) is 0 Å². The molecular weight excluding hydrogens is 232 g/mol. The SMILES string of the molecule is CC1(O)c2ccccc2-c2cc3ccccc3cc21. The van der Waals surface area contributed by atoms with Gasteiger partial charge in [-0.15, -0.1) is 0 Å². The Bertz CT molecular complexity index is 800. The van der Waals surface area contributed by atoms with Crippen molar-refractivity contribution in [3.05, 3.63) is 71.8 Å². The lowest BCUT2D eigenvalue weighted by Crippen LogP contribution is -2.19. The van der Waals surface area contributed by atoms with Gasteiger partial charge in [0.1, 0.15) is 5.60 Å².